The lowest BCUT2D eigenvalue weighted by Gasteiger charge is -2.18. The average Bonchev–Trinajstić information content (AvgIpc) is 2.28. The summed E-state index contributed by atoms with van der Waals surface area (Å²) in [6.45, 7) is 8.59. The van der Waals surface area contributed by atoms with Crippen LogP contribution in [0.5, 0.6) is 0 Å². The van der Waals surface area contributed by atoms with Crippen LogP contribution in [0, 0.1) is 0 Å². The maximum Gasteiger partial charge on any atom is 0.416 e. The lowest BCUT2D eigenvalue weighted by Crippen LogP contribution is -2.31. The predicted octanol–water partition coefficient (Wildman–Crippen LogP) is 3.80. The van der Waals surface area contributed by atoms with Crippen molar-refractivity contribution in [1.82, 2.24) is 5.32 Å². The zero-order valence-corrected chi connectivity index (χ0v) is 10.6. The van der Waals surface area contributed by atoms with Crippen molar-refractivity contribution in [1.29, 1.82) is 0 Å². The Morgan fingerprint density at radius 3 is 2.22 bits per heavy atom. The summed E-state index contributed by atoms with van der Waals surface area (Å²) in [4.78, 5) is 0. The first-order valence-corrected chi connectivity index (χ1v) is 5.89. The van der Waals surface area contributed by atoms with Crippen LogP contribution in [0.4, 0.5) is 13.2 Å². The van der Waals surface area contributed by atoms with Crippen LogP contribution in [0.15, 0.2) is 36.4 Å². The molecule has 0 aliphatic carbocycles. The molecule has 0 radical (unpaired) electrons. The molecule has 0 amide bonds. The number of likely N-dealkylation sites (N-methyl/N-ethyl adjacent to an activating group) is 1. The summed E-state index contributed by atoms with van der Waals surface area (Å²) in [5.74, 6) is 0. The molecule has 0 aliphatic rings. The quantitative estimate of drug-likeness (QED) is 0.791. The Morgan fingerprint density at radius 2 is 1.83 bits per heavy atom. The molecule has 1 aromatic carbocycles. The van der Waals surface area contributed by atoms with E-state index in [4.69, 9.17) is 0 Å². The third-order valence-corrected chi connectivity index (χ3v) is 2.77. The fraction of sp³-hybridized carbons (Fsp3) is 0.429. The Bertz CT molecular complexity index is 392. The highest BCUT2D eigenvalue weighted by Crippen LogP contribution is 2.29. The van der Waals surface area contributed by atoms with Crippen molar-refractivity contribution >= 4 is 0 Å². The Labute approximate surface area is 106 Å². The van der Waals surface area contributed by atoms with Crippen molar-refractivity contribution in [2.75, 3.05) is 6.54 Å². The topological polar surface area (TPSA) is 12.0 Å². The largest absolute Gasteiger partial charge is 0.416 e. The second kappa shape index (κ2) is 6.05. The molecule has 1 aromatic rings. The summed E-state index contributed by atoms with van der Waals surface area (Å²) >= 11 is 0. The van der Waals surface area contributed by atoms with Crippen LogP contribution in [0.3, 0.4) is 0 Å². The molecule has 1 rings (SSSR count). The van der Waals surface area contributed by atoms with Gasteiger partial charge >= 0.3 is 6.18 Å². The van der Waals surface area contributed by atoms with Crippen LogP contribution in [-0.4, -0.2) is 12.6 Å². The van der Waals surface area contributed by atoms with Crippen LogP contribution < -0.4 is 5.32 Å². The first-order valence-electron chi connectivity index (χ1n) is 5.89. The van der Waals surface area contributed by atoms with Gasteiger partial charge in [-0.25, -0.2) is 0 Å². The molecule has 1 unspecified atom stereocenters. The van der Waals surface area contributed by atoms with E-state index in [0.717, 1.165) is 29.8 Å². The van der Waals surface area contributed by atoms with Gasteiger partial charge in [-0.1, -0.05) is 31.2 Å². The van der Waals surface area contributed by atoms with E-state index in [1.807, 2.05) is 13.8 Å². The van der Waals surface area contributed by atoms with Gasteiger partial charge in [0.1, 0.15) is 0 Å². The molecule has 0 bridgehead atoms. The highest BCUT2D eigenvalue weighted by molar-refractivity contribution is 5.26. The van der Waals surface area contributed by atoms with Gasteiger partial charge in [0.15, 0.2) is 0 Å². The van der Waals surface area contributed by atoms with Gasteiger partial charge in [0, 0.05) is 6.04 Å². The first kappa shape index (κ1) is 14.8. The highest BCUT2D eigenvalue weighted by atomic mass is 19.4. The molecule has 0 aliphatic heterocycles. The van der Waals surface area contributed by atoms with E-state index in [2.05, 4.69) is 11.9 Å². The third-order valence-electron chi connectivity index (χ3n) is 2.77. The molecule has 0 saturated carbocycles. The maximum atomic E-state index is 12.4. The summed E-state index contributed by atoms with van der Waals surface area (Å²) in [6, 6.07) is 5.39. The zero-order valence-electron chi connectivity index (χ0n) is 10.6. The number of hydrogen-bond donors (Lipinski definition) is 1. The maximum absolute atomic E-state index is 12.4. The SMILES string of the molecule is C=C(C)C(Cc1ccc(C(F)(F)F)cc1)NCC. The van der Waals surface area contributed by atoms with Gasteiger partial charge in [-0.05, 0) is 37.6 Å². The van der Waals surface area contributed by atoms with Crippen LogP contribution >= 0.6 is 0 Å². The number of alkyl halides is 3. The van der Waals surface area contributed by atoms with Crippen LogP contribution in [0.1, 0.15) is 25.0 Å². The molecule has 0 aromatic heterocycles. The molecule has 18 heavy (non-hydrogen) atoms. The second-order valence-corrected chi connectivity index (χ2v) is 4.36. The number of nitrogens with one attached hydrogen (secondary N) is 1. The van der Waals surface area contributed by atoms with E-state index in [0.29, 0.717) is 6.42 Å². The van der Waals surface area contributed by atoms with Crippen molar-refractivity contribution in [3.05, 3.63) is 47.5 Å². The Hall–Kier alpha value is -1.29. The van der Waals surface area contributed by atoms with Gasteiger partial charge in [-0.2, -0.15) is 13.2 Å². The molecule has 0 spiro atoms. The van der Waals surface area contributed by atoms with E-state index < -0.39 is 11.7 Å². The van der Waals surface area contributed by atoms with Gasteiger partial charge in [0.05, 0.1) is 5.56 Å². The second-order valence-electron chi connectivity index (χ2n) is 4.36. The van der Waals surface area contributed by atoms with Gasteiger partial charge in [-0.3, -0.25) is 0 Å². The minimum atomic E-state index is -4.27. The number of rotatable bonds is 5. The van der Waals surface area contributed by atoms with Crippen molar-refractivity contribution in [3.8, 4) is 0 Å². The van der Waals surface area contributed by atoms with Crippen molar-refractivity contribution in [3.63, 3.8) is 0 Å². The van der Waals surface area contributed by atoms with E-state index in [-0.39, 0.29) is 6.04 Å². The molecule has 1 atom stereocenters. The fourth-order valence-corrected chi connectivity index (χ4v) is 1.73. The normalized spacial score (nSPS) is 13.4. The molecular weight excluding hydrogens is 239 g/mol. The molecule has 4 heteroatoms. The first-order chi connectivity index (χ1) is 8.34. The molecule has 0 saturated heterocycles. The minimum absolute atomic E-state index is 0.103. The van der Waals surface area contributed by atoms with E-state index in [1.54, 1.807) is 0 Å². The smallest absolute Gasteiger partial charge is 0.310 e. The van der Waals surface area contributed by atoms with Gasteiger partial charge < -0.3 is 5.32 Å². The molecular formula is C14H18F3N. The van der Waals surface area contributed by atoms with E-state index in [1.165, 1.54) is 12.1 Å². The average molecular weight is 257 g/mol. The van der Waals surface area contributed by atoms with Crippen molar-refractivity contribution < 1.29 is 13.2 Å². The molecule has 0 heterocycles. The van der Waals surface area contributed by atoms with E-state index in [9.17, 15) is 13.2 Å². The predicted molar refractivity (Wildman–Crippen MR) is 67.4 cm³/mol. The third kappa shape index (κ3) is 4.18. The molecule has 0 fully saturated rings. The lowest BCUT2D eigenvalue weighted by molar-refractivity contribution is -0.137. The zero-order chi connectivity index (χ0) is 13.8. The number of benzene rings is 1. The van der Waals surface area contributed by atoms with E-state index >= 15 is 0 Å². The summed E-state index contributed by atoms with van der Waals surface area (Å²) in [5.41, 5.74) is 1.25. The Kier molecular flexibility index (Phi) is 4.96. The summed E-state index contributed by atoms with van der Waals surface area (Å²) in [5, 5.41) is 3.25. The van der Waals surface area contributed by atoms with Crippen LogP contribution in [0.2, 0.25) is 0 Å². The van der Waals surface area contributed by atoms with Crippen LogP contribution in [0.25, 0.3) is 0 Å². The van der Waals surface area contributed by atoms with Crippen molar-refractivity contribution in [2.45, 2.75) is 32.5 Å². The lowest BCUT2D eigenvalue weighted by atomic mass is 10.00. The van der Waals surface area contributed by atoms with Crippen molar-refractivity contribution in [2.24, 2.45) is 0 Å². The highest BCUT2D eigenvalue weighted by Gasteiger charge is 2.29. The molecule has 1 N–H and O–H groups in total. The van der Waals surface area contributed by atoms with Gasteiger partial charge in [0.25, 0.3) is 0 Å². The molecule has 1 nitrogen and oxygen atoms in total. The van der Waals surface area contributed by atoms with Crippen LogP contribution in [-0.2, 0) is 12.6 Å². The Balaban J connectivity index is 2.76. The summed E-state index contributed by atoms with van der Waals surface area (Å²) in [6.07, 6.45) is -3.62. The van der Waals surface area contributed by atoms with Gasteiger partial charge in [0.2, 0.25) is 0 Å². The standard InChI is InChI=1S/C14H18F3N/c1-4-18-13(10(2)3)9-11-5-7-12(8-6-11)14(15,16)17/h5-8,13,18H,2,4,9H2,1,3H3. The van der Waals surface area contributed by atoms with Gasteiger partial charge in [-0.15, -0.1) is 0 Å². The summed E-state index contributed by atoms with van der Waals surface area (Å²) < 4.78 is 37.2. The number of halogens is 3. The monoisotopic (exact) mass is 257 g/mol. The number of hydrogen-bond acceptors (Lipinski definition) is 1. The summed E-state index contributed by atoms with van der Waals surface area (Å²) in [7, 11) is 0. The minimum Gasteiger partial charge on any atom is -0.310 e. The molecule has 100 valence electrons. The Morgan fingerprint density at radius 1 is 1.28 bits per heavy atom. The fourth-order valence-electron chi connectivity index (χ4n) is 1.73.